The van der Waals surface area contributed by atoms with Crippen molar-refractivity contribution in [2.24, 2.45) is 0 Å². The Labute approximate surface area is 105 Å². The summed E-state index contributed by atoms with van der Waals surface area (Å²) in [5.74, 6) is -0.265. The number of aryl methyl sites for hydroxylation is 1. The zero-order chi connectivity index (χ0) is 13.1. The van der Waals surface area contributed by atoms with E-state index in [1.807, 2.05) is 31.2 Å². The van der Waals surface area contributed by atoms with Crippen molar-refractivity contribution >= 4 is 11.9 Å². The number of anilines is 1. The minimum atomic E-state index is -0.571. The number of carbonyl (C=O) groups is 1. The Kier molecular flexibility index (Phi) is 3.32. The van der Waals surface area contributed by atoms with Gasteiger partial charge in [-0.25, -0.2) is 4.79 Å². The fourth-order valence-electron chi connectivity index (χ4n) is 1.61. The van der Waals surface area contributed by atoms with Gasteiger partial charge in [0.1, 0.15) is 0 Å². The molecule has 2 aromatic rings. The van der Waals surface area contributed by atoms with Gasteiger partial charge in [0.15, 0.2) is 0 Å². The van der Waals surface area contributed by atoms with Crippen LogP contribution in [0.25, 0.3) is 11.5 Å². The fourth-order valence-corrected chi connectivity index (χ4v) is 1.61. The zero-order valence-corrected chi connectivity index (χ0v) is 10.3. The summed E-state index contributed by atoms with van der Waals surface area (Å²) in [6.45, 7) is 3.92. The average Bonchev–Trinajstić information content (AvgIpc) is 2.72. The first-order valence-electron chi connectivity index (χ1n) is 5.63. The molecule has 0 atom stereocenters. The van der Waals surface area contributed by atoms with Gasteiger partial charge < -0.3 is 14.9 Å². The van der Waals surface area contributed by atoms with Crippen LogP contribution in [0.3, 0.4) is 0 Å². The van der Waals surface area contributed by atoms with Crippen molar-refractivity contribution in [2.75, 3.05) is 12.3 Å². The lowest BCUT2D eigenvalue weighted by molar-refractivity contribution is 0.0521. The van der Waals surface area contributed by atoms with Crippen LogP contribution in [0.4, 0.5) is 5.88 Å². The number of nitrogens with zero attached hydrogens (tertiary/aromatic N) is 1. The Balaban J connectivity index is 2.41. The second kappa shape index (κ2) is 4.91. The standard InChI is InChI=1S/C13H14N2O3/c1-3-17-13(16)10-11(14)18-12(15-10)9-7-5-4-6-8(9)2/h4-7H,3,14H2,1-2H3. The molecule has 18 heavy (non-hydrogen) atoms. The van der Waals surface area contributed by atoms with Gasteiger partial charge in [-0.05, 0) is 25.5 Å². The summed E-state index contributed by atoms with van der Waals surface area (Å²) >= 11 is 0. The predicted molar refractivity (Wildman–Crippen MR) is 67.0 cm³/mol. The molecular formula is C13H14N2O3. The average molecular weight is 246 g/mol. The van der Waals surface area contributed by atoms with Gasteiger partial charge in [-0.3, -0.25) is 0 Å². The van der Waals surface area contributed by atoms with E-state index < -0.39 is 5.97 Å². The Bertz CT molecular complexity index is 575. The van der Waals surface area contributed by atoms with Gasteiger partial charge >= 0.3 is 5.97 Å². The molecule has 0 saturated heterocycles. The van der Waals surface area contributed by atoms with Gasteiger partial charge in [0.25, 0.3) is 0 Å². The maximum Gasteiger partial charge on any atom is 0.362 e. The number of benzene rings is 1. The number of esters is 1. The summed E-state index contributed by atoms with van der Waals surface area (Å²) in [7, 11) is 0. The summed E-state index contributed by atoms with van der Waals surface area (Å²) < 4.78 is 10.2. The van der Waals surface area contributed by atoms with Gasteiger partial charge in [0.05, 0.1) is 6.61 Å². The first-order valence-corrected chi connectivity index (χ1v) is 5.63. The van der Waals surface area contributed by atoms with E-state index in [-0.39, 0.29) is 18.2 Å². The molecule has 2 rings (SSSR count). The van der Waals surface area contributed by atoms with E-state index in [4.69, 9.17) is 14.9 Å². The summed E-state index contributed by atoms with van der Waals surface area (Å²) in [6.07, 6.45) is 0. The molecule has 1 aromatic carbocycles. The van der Waals surface area contributed by atoms with Crippen LogP contribution in [0.5, 0.6) is 0 Å². The largest absolute Gasteiger partial charge is 0.461 e. The van der Waals surface area contributed by atoms with E-state index in [1.165, 1.54) is 0 Å². The van der Waals surface area contributed by atoms with Gasteiger partial charge in [-0.1, -0.05) is 18.2 Å². The molecule has 0 aliphatic heterocycles. The predicted octanol–water partition coefficient (Wildman–Crippen LogP) is 2.41. The molecule has 1 aromatic heterocycles. The Morgan fingerprint density at radius 2 is 2.17 bits per heavy atom. The van der Waals surface area contributed by atoms with Crippen molar-refractivity contribution in [1.82, 2.24) is 4.98 Å². The molecule has 0 bridgehead atoms. The molecule has 2 N–H and O–H groups in total. The van der Waals surface area contributed by atoms with Crippen molar-refractivity contribution in [1.29, 1.82) is 0 Å². The maximum atomic E-state index is 11.6. The Hall–Kier alpha value is -2.30. The molecule has 0 aliphatic carbocycles. The molecule has 5 heteroatoms. The number of rotatable bonds is 3. The van der Waals surface area contributed by atoms with Crippen molar-refractivity contribution in [2.45, 2.75) is 13.8 Å². The molecule has 0 aliphatic rings. The number of ether oxygens (including phenoxy) is 1. The lowest BCUT2D eigenvalue weighted by Crippen LogP contribution is -2.07. The van der Waals surface area contributed by atoms with E-state index in [1.54, 1.807) is 6.92 Å². The van der Waals surface area contributed by atoms with Crippen molar-refractivity contribution in [3.8, 4) is 11.5 Å². The van der Waals surface area contributed by atoms with E-state index in [0.717, 1.165) is 11.1 Å². The smallest absolute Gasteiger partial charge is 0.362 e. The third-order valence-corrected chi connectivity index (χ3v) is 2.50. The van der Waals surface area contributed by atoms with Crippen LogP contribution in [0.1, 0.15) is 23.0 Å². The second-order valence-electron chi connectivity index (χ2n) is 3.77. The van der Waals surface area contributed by atoms with E-state index in [0.29, 0.717) is 5.89 Å². The molecule has 5 nitrogen and oxygen atoms in total. The van der Waals surface area contributed by atoms with Crippen molar-refractivity contribution < 1.29 is 13.9 Å². The number of nitrogen functional groups attached to an aromatic ring is 1. The van der Waals surface area contributed by atoms with Crippen LogP contribution in [0.2, 0.25) is 0 Å². The normalized spacial score (nSPS) is 10.3. The third-order valence-electron chi connectivity index (χ3n) is 2.50. The summed E-state index contributed by atoms with van der Waals surface area (Å²) in [6, 6.07) is 7.57. The molecule has 1 heterocycles. The fraction of sp³-hybridized carbons (Fsp3) is 0.231. The molecule has 0 unspecified atom stereocenters. The Morgan fingerprint density at radius 3 is 2.83 bits per heavy atom. The zero-order valence-electron chi connectivity index (χ0n) is 10.3. The lowest BCUT2D eigenvalue weighted by Gasteiger charge is -1.99. The second-order valence-corrected chi connectivity index (χ2v) is 3.77. The van der Waals surface area contributed by atoms with Crippen molar-refractivity contribution in [3.63, 3.8) is 0 Å². The van der Waals surface area contributed by atoms with Gasteiger partial charge in [0.2, 0.25) is 17.5 Å². The highest BCUT2D eigenvalue weighted by molar-refractivity contribution is 5.92. The molecule has 0 saturated carbocycles. The summed E-state index contributed by atoms with van der Waals surface area (Å²) in [5, 5.41) is 0. The molecule has 0 radical (unpaired) electrons. The number of carbonyl (C=O) groups excluding carboxylic acids is 1. The minimum Gasteiger partial charge on any atom is -0.461 e. The Morgan fingerprint density at radius 1 is 1.44 bits per heavy atom. The third kappa shape index (κ3) is 2.20. The summed E-state index contributed by atoms with van der Waals surface area (Å²) in [4.78, 5) is 15.7. The molecule has 0 fully saturated rings. The maximum absolute atomic E-state index is 11.6. The summed E-state index contributed by atoms with van der Waals surface area (Å²) in [5.41, 5.74) is 7.45. The SMILES string of the molecule is CCOC(=O)c1nc(-c2ccccc2C)oc1N. The number of aromatic nitrogens is 1. The van der Waals surface area contributed by atoms with E-state index in [2.05, 4.69) is 4.98 Å². The first-order chi connectivity index (χ1) is 8.63. The number of hydrogen-bond acceptors (Lipinski definition) is 5. The minimum absolute atomic E-state index is 0.0216. The van der Waals surface area contributed by atoms with Crippen LogP contribution in [-0.4, -0.2) is 17.6 Å². The quantitative estimate of drug-likeness (QED) is 0.841. The molecule has 0 spiro atoms. The highest BCUT2D eigenvalue weighted by Gasteiger charge is 2.20. The van der Waals surface area contributed by atoms with Gasteiger partial charge in [-0.15, -0.1) is 0 Å². The van der Waals surface area contributed by atoms with Gasteiger partial charge in [-0.2, -0.15) is 4.98 Å². The number of oxazole rings is 1. The monoisotopic (exact) mass is 246 g/mol. The topological polar surface area (TPSA) is 78.3 Å². The highest BCUT2D eigenvalue weighted by atomic mass is 16.5. The number of hydrogen-bond donors (Lipinski definition) is 1. The molecular weight excluding hydrogens is 232 g/mol. The number of nitrogens with two attached hydrogens (primary N) is 1. The van der Waals surface area contributed by atoms with Crippen LogP contribution >= 0.6 is 0 Å². The van der Waals surface area contributed by atoms with Crippen LogP contribution in [-0.2, 0) is 4.74 Å². The van der Waals surface area contributed by atoms with Crippen LogP contribution in [0, 0.1) is 6.92 Å². The first kappa shape index (κ1) is 12.2. The molecule has 94 valence electrons. The van der Waals surface area contributed by atoms with Gasteiger partial charge in [0, 0.05) is 5.56 Å². The van der Waals surface area contributed by atoms with E-state index >= 15 is 0 Å². The lowest BCUT2D eigenvalue weighted by atomic mass is 10.1. The van der Waals surface area contributed by atoms with E-state index in [9.17, 15) is 4.79 Å². The van der Waals surface area contributed by atoms with Crippen LogP contribution in [0.15, 0.2) is 28.7 Å². The van der Waals surface area contributed by atoms with Crippen LogP contribution < -0.4 is 5.73 Å². The van der Waals surface area contributed by atoms with Crippen molar-refractivity contribution in [3.05, 3.63) is 35.5 Å². The molecule has 0 amide bonds. The highest BCUT2D eigenvalue weighted by Crippen LogP contribution is 2.26.